The summed E-state index contributed by atoms with van der Waals surface area (Å²) >= 11 is 0. The van der Waals surface area contributed by atoms with Crippen LogP contribution in [0.25, 0.3) is 0 Å². The molecule has 1 fully saturated rings. The Morgan fingerprint density at radius 2 is 1.88 bits per heavy atom. The van der Waals surface area contributed by atoms with Gasteiger partial charge in [0.2, 0.25) is 5.91 Å². The van der Waals surface area contributed by atoms with E-state index in [0.29, 0.717) is 12.5 Å². The van der Waals surface area contributed by atoms with Crippen LogP contribution in [0.5, 0.6) is 0 Å². The van der Waals surface area contributed by atoms with E-state index in [0.717, 1.165) is 25.1 Å². The van der Waals surface area contributed by atoms with Crippen LogP contribution in [0.1, 0.15) is 23.5 Å². The fourth-order valence-corrected chi connectivity index (χ4v) is 2.97. The maximum absolute atomic E-state index is 13.0. The van der Waals surface area contributed by atoms with E-state index in [1.54, 1.807) is 12.4 Å². The minimum absolute atomic E-state index is 0.0908. The zero-order chi connectivity index (χ0) is 16.9. The van der Waals surface area contributed by atoms with Crippen LogP contribution in [0.2, 0.25) is 0 Å². The highest BCUT2D eigenvalue weighted by Gasteiger charge is 2.45. The molecule has 2 atom stereocenters. The third-order valence-corrected chi connectivity index (χ3v) is 4.45. The molecule has 0 saturated heterocycles. The summed E-state index contributed by atoms with van der Waals surface area (Å²) in [5.74, 6) is 0.657. The van der Waals surface area contributed by atoms with E-state index in [1.807, 2.05) is 49.6 Å². The van der Waals surface area contributed by atoms with Crippen molar-refractivity contribution in [2.24, 2.45) is 5.92 Å². The molecule has 1 aliphatic rings. The molecule has 0 spiro atoms. The molecule has 1 saturated carbocycles. The molecular formula is C19H24N4O. The second kappa shape index (κ2) is 7.53. The van der Waals surface area contributed by atoms with Crippen molar-refractivity contribution in [2.45, 2.75) is 18.9 Å². The summed E-state index contributed by atoms with van der Waals surface area (Å²) in [6, 6.07) is 7.94. The monoisotopic (exact) mass is 324 g/mol. The number of carbonyl (C=O) groups excluding carboxylic acids is 1. The summed E-state index contributed by atoms with van der Waals surface area (Å²) in [5, 5.41) is 0. The molecule has 24 heavy (non-hydrogen) atoms. The van der Waals surface area contributed by atoms with Gasteiger partial charge in [-0.25, -0.2) is 0 Å². The number of amides is 1. The second-order valence-corrected chi connectivity index (χ2v) is 6.66. The lowest BCUT2D eigenvalue weighted by molar-refractivity contribution is -0.133. The standard InChI is InChI=1S/C19H24N4O/c1-22(2)9-10-23(14-15-5-3-7-20-12-15)19(24)18-11-17(18)16-6-4-8-21-13-16/h3-8,12-13,17-18H,9-11,14H2,1-2H3/t17-,18-/m1/s1. The average molecular weight is 324 g/mol. The van der Waals surface area contributed by atoms with Crippen molar-refractivity contribution < 1.29 is 4.79 Å². The van der Waals surface area contributed by atoms with Crippen LogP contribution in [-0.4, -0.2) is 52.9 Å². The molecule has 3 rings (SSSR count). The molecule has 5 nitrogen and oxygen atoms in total. The van der Waals surface area contributed by atoms with Crippen LogP contribution in [0, 0.1) is 5.92 Å². The van der Waals surface area contributed by atoms with Crippen molar-refractivity contribution in [1.82, 2.24) is 19.8 Å². The fraction of sp³-hybridized carbons (Fsp3) is 0.421. The van der Waals surface area contributed by atoms with Crippen molar-refractivity contribution in [3.63, 3.8) is 0 Å². The van der Waals surface area contributed by atoms with Crippen molar-refractivity contribution in [3.05, 3.63) is 60.2 Å². The molecule has 0 bridgehead atoms. The van der Waals surface area contributed by atoms with Gasteiger partial charge in [-0.1, -0.05) is 12.1 Å². The Hall–Kier alpha value is -2.27. The van der Waals surface area contributed by atoms with Crippen LogP contribution in [0.4, 0.5) is 0 Å². The first-order chi connectivity index (χ1) is 11.6. The molecule has 0 N–H and O–H groups in total. The van der Waals surface area contributed by atoms with Gasteiger partial charge in [-0.15, -0.1) is 0 Å². The zero-order valence-electron chi connectivity index (χ0n) is 14.3. The van der Waals surface area contributed by atoms with Gasteiger partial charge in [0, 0.05) is 50.3 Å². The van der Waals surface area contributed by atoms with Gasteiger partial charge in [0.1, 0.15) is 0 Å². The summed E-state index contributed by atoms with van der Waals surface area (Å²) in [7, 11) is 4.06. The molecule has 1 amide bonds. The van der Waals surface area contributed by atoms with Crippen LogP contribution in [0.15, 0.2) is 49.1 Å². The maximum atomic E-state index is 13.0. The van der Waals surface area contributed by atoms with Crippen LogP contribution in [-0.2, 0) is 11.3 Å². The molecule has 5 heteroatoms. The normalized spacial score (nSPS) is 19.3. The summed E-state index contributed by atoms with van der Waals surface area (Å²) in [6.07, 6.45) is 8.17. The van der Waals surface area contributed by atoms with E-state index < -0.39 is 0 Å². The van der Waals surface area contributed by atoms with Crippen LogP contribution in [0.3, 0.4) is 0 Å². The summed E-state index contributed by atoms with van der Waals surface area (Å²) in [5.41, 5.74) is 2.24. The van der Waals surface area contributed by atoms with Crippen LogP contribution >= 0.6 is 0 Å². The van der Waals surface area contributed by atoms with Crippen molar-refractivity contribution in [1.29, 1.82) is 0 Å². The second-order valence-electron chi connectivity index (χ2n) is 6.66. The Balaban J connectivity index is 1.67. The number of hydrogen-bond acceptors (Lipinski definition) is 4. The third-order valence-electron chi connectivity index (χ3n) is 4.45. The van der Waals surface area contributed by atoms with E-state index in [-0.39, 0.29) is 11.8 Å². The van der Waals surface area contributed by atoms with Gasteiger partial charge in [-0.2, -0.15) is 0 Å². The SMILES string of the molecule is CN(C)CCN(Cc1cccnc1)C(=O)[C@@H]1C[C@@H]1c1cccnc1. The largest absolute Gasteiger partial charge is 0.337 e. The number of pyridine rings is 2. The fourth-order valence-electron chi connectivity index (χ4n) is 2.97. The minimum atomic E-state index is 0.0908. The Kier molecular flexibility index (Phi) is 5.20. The highest BCUT2D eigenvalue weighted by atomic mass is 16.2. The third kappa shape index (κ3) is 4.17. The van der Waals surface area contributed by atoms with E-state index in [1.165, 1.54) is 5.56 Å². The van der Waals surface area contributed by atoms with E-state index >= 15 is 0 Å². The van der Waals surface area contributed by atoms with Gasteiger partial charge in [0.05, 0.1) is 0 Å². The smallest absolute Gasteiger partial charge is 0.226 e. The molecule has 0 radical (unpaired) electrons. The van der Waals surface area contributed by atoms with Gasteiger partial charge in [0.15, 0.2) is 0 Å². The molecule has 0 unspecified atom stereocenters. The number of nitrogens with zero attached hydrogens (tertiary/aromatic N) is 4. The lowest BCUT2D eigenvalue weighted by Gasteiger charge is -2.25. The summed E-state index contributed by atoms with van der Waals surface area (Å²) in [6.45, 7) is 2.21. The molecule has 2 aromatic rings. The van der Waals surface area contributed by atoms with Crippen molar-refractivity contribution >= 4 is 5.91 Å². The Morgan fingerprint density at radius 1 is 1.12 bits per heavy atom. The van der Waals surface area contributed by atoms with Crippen molar-refractivity contribution in [3.8, 4) is 0 Å². The zero-order valence-corrected chi connectivity index (χ0v) is 14.3. The van der Waals surface area contributed by atoms with Crippen molar-refractivity contribution in [2.75, 3.05) is 27.2 Å². The van der Waals surface area contributed by atoms with E-state index in [4.69, 9.17) is 0 Å². The maximum Gasteiger partial charge on any atom is 0.226 e. The van der Waals surface area contributed by atoms with E-state index in [2.05, 4.69) is 20.9 Å². The minimum Gasteiger partial charge on any atom is -0.337 e. The number of likely N-dealkylation sites (N-methyl/N-ethyl adjacent to an activating group) is 1. The Bertz CT molecular complexity index is 660. The predicted molar refractivity (Wildman–Crippen MR) is 93.3 cm³/mol. The first kappa shape index (κ1) is 16.6. The number of aromatic nitrogens is 2. The molecule has 2 aromatic heterocycles. The summed E-state index contributed by atoms with van der Waals surface area (Å²) < 4.78 is 0. The number of carbonyl (C=O) groups is 1. The molecule has 0 aromatic carbocycles. The molecule has 2 heterocycles. The lowest BCUT2D eigenvalue weighted by atomic mass is 10.1. The lowest BCUT2D eigenvalue weighted by Crippen LogP contribution is -2.37. The van der Waals surface area contributed by atoms with Gasteiger partial charge < -0.3 is 9.80 Å². The molecule has 0 aliphatic heterocycles. The highest BCUT2D eigenvalue weighted by Crippen LogP contribution is 2.48. The van der Waals surface area contributed by atoms with E-state index in [9.17, 15) is 4.79 Å². The van der Waals surface area contributed by atoms with Gasteiger partial charge in [-0.3, -0.25) is 14.8 Å². The van der Waals surface area contributed by atoms with Gasteiger partial charge >= 0.3 is 0 Å². The van der Waals surface area contributed by atoms with Gasteiger partial charge in [-0.05, 0) is 49.7 Å². The number of hydrogen-bond donors (Lipinski definition) is 0. The predicted octanol–water partition coefficient (Wildman–Crippen LogP) is 2.17. The summed E-state index contributed by atoms with van der Waals surface area (Å²) in [4.78, 5) is 25.4. The highest BCUT2D eigenvalue weighted by molar-refractivity contribution is 5.83. The topological polar surface area (TPSA) is 49.3 Å². The first-order valence-electron chi connectivity index (χ1n) is 8.37. The molecular weight excluding hydrogens is 300 g/mol. The van der Waals surface area contributed by atoms with Crippen LogP contribution < -0.4 is 0 Å². The first-order valence-corrected chi connectivity index (χ1v) is 8.37. The Morgan fingerprint density at radius 3 is 2.50 bits per heavy atom. The Labute approximate surface area is 143 Å². The van der Waals surface area contributed by atoms with Gasteiger partial charge in [0.25, 0.3) is 0 Å². The molecule has 1 aliphatic carbocycles. The molecule has 126 valence electrons. The number of rotatable bonds is 7. The quantitative estimate of drug-likeness (QED) is 0.783. The average Bonchev–Trinajstić information content (AvgIpc) is 3.40.